The number of amides is 1. The zero-order valence-electron chi connectivity index (χ0n) is 17.3. The second-order valence-electron chi connectivity index (χ2n) is 7.36. The fourth-order valence-electron chi connectivity index (χ4n) is 2.84. The first-order valence-corrected chi connectivity index (χ1v) is 10.1. The van der Waals surface area contributed by atoms with E-state index in [4.69, 9.17) is 16.3 Å². The van der Waals surface area contributed by atoms with Gasteiger partial charge >= 0.3 is 0 Å². The Labute approximate surface area is 181 Å². The second kappa shape index (κ2) is 10.1. The Morgan fingerprint density at radius 3 is 2.57 bits per heavy atom. The zero-order chi connectivity index (χ0) is 21.5. The Morgan fingerprint density at radius 1 is 1.20 bits per heavy atom. The molecule has 0 saturated carbocycles. The summed E-state index contributed by atoms with van der Waals surface area (Å²) < 4.78 is 7.46. The van der Waals surface area contributed by atoms with Crippen LogP contribution < -0.4 is 10.2 Å². The highest BCUT2D eigenvalue weighted by atomic mass is 35.5. The lowest BCUT2D eigenvalue weighted by Gasteiger charge is -2.07. The number of benzene rings is 2. The van der Waals surface area contributed by atoms with Crippen molar-refractivity contribution in [3.63, 3.8) is 0 Å². The highest BCUT2D eigenvalue weighted by molar-refractivity contribution is 6.32. The van der Waals surface area contributed by atoms with Crippen LogP contribution >= 0.6 is 11.6 Å². The summed E-state index contributed by atoms with van der Waals surface area (Å²) in [6, 6.07) is 16.8. The standard InChI is InChI=1S/C23H25ClN4O2/c1-16(2)14-28-22(24)21(17(3)27-28)13-25-26-23(29)19-11-9-18(10-12-19)15-30-20-7-5-4-6-8-20/h4-13,16H,14-15H2,1-3H3,(H,26,29)/b25-13-. The third-order valence-corrected chi connectivity index (χ3v) is 4.77. The molecule has 0 atom stereocenters. The van der Waals surface area contributed by atoms with E-state index in [2.05, 4.69) is 29.5 Å². The molecule has 0 aliphatic rings. The molecule has 0 aliphatic carbocycles. The summed E-state index contributed by atoms with van der Waals surface area (Å²) in [5.74, 6) is 0.928. The van der Waals surface area contributed by atoms with Crippen LogP contribution in [0, 0.1) is 12.8 Å². The van der Waals surface area contributed by atoms with Crippen molar-refractivity contribution < 1.29 is 9.53 Å². The van der Waals surface area contributed by atoms with E-state index in [1.54, 1.807) is 16.8 Å². The quantitative estimate of drug-likeness (QED) is 0.415. The first kappa shape index (κ1) is 21.6. The number of rotatable bonds is 8. The van der Waals surface area contributed by atoms with Crippen LogP contribution in [0.5, 0.6) is 5.75 Å². The van der Waals surface area contributed by atoms with Gasteiger partial charge in [-0.05, 0) is 42.7 Å². The molecule has 0 aliphatic heterocycles. The summed E-state index contributed by atoms with van der Waals surface area (Å²) in [5.41, 5.74) is 5.48. The van der Waals surface area contributed by atoms with Crippen LogP contribution in [-0.4, -0.2) is 21.9 Å². The summed E-state index contributed by atoms with van der Waals surface area (Å²) in [6.45, 7) is 7.21. The number of hydrazone groups is 1. The molecule has 0 fully saturated rings. The number of aromatic nitrogens is 2. The molecule has 30 heavy (non-hydrogen) atoms. The van der Waals surface area contributed by atoms with Crippen molar-refractivity contribution in [2.75, 3.05) is 0 Å². The Bertz CT molecular complexity index is 1010. The molecule has 7 heteroatoms. The van der Waals surface area contributed by atoms with Gasteiger partial charge in [-0.15, -0.1) is 0 Å². The number of hydrogen-bond donors (Lipinski definition) is 1. The number of carbonyl (C=O) groups excluding carboxylic acids is 1. The summed E-state index contributed by atoms with van der Waals surface area (Å²) >= 11 is 6.38. The summed E-state index contributed by atoms with van der Waals surface area (Å²) in [5, 5.41) is 8.98. The van der Waals surface area contributed by atoms with Gasteiger partial charge in [0.1, 0.15) is 17.5 Å². The third kappa shape index (κ3) is 5.70. The number of aryl methyl sites for hydroxylation is 1. The first-order valence-electron chi connectivity index (χ1n) is 9.77. The van der Waals surface area contributed by atoms with Gasteiger partial charge in [0.25, 0.3) is 5.91 Å². The molecule has 0 radical (unpaired) electrons. The number of halogens is 1. The van der Waals surface area contributed by atoms with Crippen LogP contribution in [0.15, 0.2) is 59.7 Å². The molecule has 3 rings (SSSR count). The van der Waals surface area contributed by atoms with Crippen LogP contribution in [0.1, 0.15) is 41.0 Å². The number of nitrogens with zero attached hydrogens (tertiary/aromatic N) is 3. The van der Waals surface area contributed by atoms with Crippen LogP contribution in [0.3, 0.4) is 0 Å². The van der Waals surface area contributed by atoms with Gasteiger partial charge in [-0.3, -0.25) is 9.48 Å². The minimum atomic E-state index is -0.301. The van der Waals surface area contributed by atoms with Gasteiger partial charge in [-0.25, -0.2) is 5.43 Å². The number of carbonyl (C=O) groups is 1. The van der Waals surface area contributed by atoms with E-state index in [1.165, 1.54) is 6.21 Å². The molecule has 1 N–H and O–H groups in total. The van der Waals surface area contributed by atoms with Crippen molar-refractivity contribution in [1.29, 1.82) is 0 Å². The van der Waals surface area contributed by atoms with Crippen molar-refractivity contribution in [3.05, 3.63) is 82.1 Å². The fourth-order valence-corrected chi connectivity index (χ4v) is 3.13. The van der Waals surface area contributed by atoms with Gasteiger partial charge < -0.3 is 4.74 Å². The molecule has 1 aromatic heterocycles. The molecule has 0 saturated heterocycles. The molecular weight excluding hydrogens is 400 g/mol. The summed E-state index contributed by atoms with van der Waals surface area (Å²) in [4.78, 5) is 12.3. The smallest absolute Gasteiger partial charge is 0.271 e. The van der Waals surface area contributed by atoms with Crippen molar-refractivity contribution in [1.82, 2.24) is 15.2 Å². The number of nitrogens with one attached hydrogen (secondary N) is 1. The molecule has 1 amide bonds. The lowest BCUT2D eigenvalue weighted by molar-refractivity contribution is 0.0955. The van der Waals surface area contributed by atoms with Gasteiger partial charge in [0.05, 0.1) is 17.5 Å². The number of para-hydroxylation sites is 1. The first-order chi connectivity index (χ1) is 14.4. The van der Waals surface area contributed by atoms with E-state index >= 15 is 0 Å². The van der Waals surface area contributed by atoms with Crippen LogP contribution in [0.2, 0.25) is 5.15 Å². The van der Waals surface area contributed by atoms with Crippen molar-refractivity contribution >= 4 is 23.7 Å². The van der Waals surface area contributed by atoms with E-state index < -0.39 is 0 Å². The second-order valence-corrected chi connectivity index (χ2v) is 7.72. The average molecular weight is 425 g/mol. The minimum Gasteiger partial charge on any atom is -0.489 e. The van der Waals surface area contributed by atoms with Crippen LogP contribution in [-0.2, 0) is 13.2 Å². The molecule has 0 bridgehead atoms. The highest BCUT2D eigenvalue weighted by Crippen LogP contribution is 2.19. The topological polar surface area (TPSA) is 68.5 Å². The third-order valence-electron chi connectivity index (χ3n) is 4.37. The fraction of sp³-hybridized carbons (Fsp3) is 0.261. The molecule has 156 valence electrons. The predicted octanol–water partition coefficient (Wildman–Crippen LogP) is 4.84. The molecule has 3 aromatic rings. The minimum absolute atomic E-state index is 0.301. The lowest BCUT2D eigenvalue weighted by Crippen LogP contribution is -2.17. The van der Waals surface area contributed by atoms with Crippen molar-refractivity contribution in [2.24, 2.45) is 11.0 Å². The van der Waals surface area contributed by atoms with Gasteiger partial charge in [0.2, 0.25) is 0 Å². The highest BCUT2D eigenvalue weighted by Gasteiger charge is 2.13. The SMILES string of the molecule is Cc1nn(CC(C)C)c(Cl)c1/C=N\NC(=O)c1ccc(COc2ccccc2)cc1. The van der Waals surface area contributed by atoms with Crippen LogP contribution in [0.25, 0.3) is 0 Å². The maximum atomic E-state index is 12.3. The monoisotopic (exact) mass is 424 g/mol. The van der Waals surface area contributed by atoms with Gasteiger partial charge in [-0.1, -0.05) is 55.8 Å². The van der Waals surface area contributed by atoms with E-state index in [0.29, 0.717) is 28.8 Å². The van der Waals surface area contributed by atoms with E-state index in [9.17, 15) is 4.79 Å². The summed E-state index contributed by atoms with van der Waals surface area (Å²) in [6.07, 6.45) is 1.53. The zero-order valence-corrected chi connectivity index (χ0v) is 18.1. The number of ether oxygens (including phenoxy) is 1. The van der Waals surface area contributed by atoms with Crippen molar-refractivity contribution in [3.8, 4) is 5.75 Å². The molecule has 1 heterocycles. The molecule has 0 unspecified atom stereocenters. The molecule has 6 nitrogen and oxygen atoms in total. The van der Waals surface area contributed by atoms with Gasteiger partial charge in [0.15, 0.2) is 0 Å². The van der Waals surface area contributed by atoms with Gasteiger partial charge in [-0.2, -0.15) is 10.2 Å². The normalized spacial score (nSPS) is 11.2. The number of hydrogen-bond acceptors (Lipinski definition) is 4. The Hall–Kier alpha value is -3.12. The van der Waals surface area contributed by atoms with E-state index in [-0.39, 0.29) is 5.91 Å². The predicted molar refractivity (Wildman–Crippen MR) is 119 cm³/mol. The van der Waals surface area contributed by atoms with E-state index in [0.717, 1.165) is 23.6 Å². The van der Waals surface area contributed by atoms with Crippen LogP contribution in [0.4, 0.5) is 0 Å². The average Bonchev–Trinajstić information content (AvgIpc) is 3.00. The molecule has 0 spiro atoms. The van der Waals surface area contributed by atoms with E-state index in [1.807, 2.05) is 49.4 Å². The summed E-state index contributed by atoms with van der Waals surface area (Å²) in [7, 11) is 0. The lowest BCUT2D eigenvalue weighted by atomic mass is 10.1. The molecule has 2 aromatic carbocycles. The van der Waals surface area contributed by atoms with Gasteiger partial charge in [0, 0.05) is 12.1 Å². The maximum Gasteiger partial charge on any atom is 0.271 e. The Morgan fingerprint density at radius 2 is 1.90 bits per heavy atom. The van der Waals surface area contributed by atoms with Crippen molar-refractivity contribution in [2.45, 2.75) is 33.9 Å². The maximum absolute atomic E-state index is 12.3. The molecular formula is C23H25ClN4O2. The largest absolute Gasteiger partial charge is 0.489 e. The Kier molecular flexibility index (Phi) is 7.25. The Balaban J connectivity index is 1.56.